The molecular weight excluding hydrogens is 138 g/mol. The van der Waals surface area contributed by atoms with E-state index in [1.165, 1.54) is 21.3 Å². The van der Waals surface area contributed by atoms with Gasteiger partial charge in [-0.05, 0) is 11.0 Å². The van der Waals surface area contributed by atoms with Gasteiger partial charge >= 0.3 is 6.10 Å². The molecule has 0 saturated carbocycles. The molecule has 4 nitrogen and oxygen atoms in total. The Kier molecular flexibility index (Phi) is 6.42. The Morgan fingerprint density at radius 3 is 1.22 bits per heavy atom. The highest BCUT2D eigenvalue weighted by Crippen LogP contribution is 2.00. The Labute approximate surface area is 59.3 Å². The highest BCUT2D eigenvalue weighted by atomic mass is 28.1. The molecular formula is C4H15NO3Si. The van der Waals surface area contributed by atoms with Gasteiger partial charge in [0.15, 0.2) is 0 Å². The van der Waals surface area contributed by atoms with Gasteiger partial charge in [-0.1, -0.05) is 0 Å². The SMILES string of the molecule is COC(N)(OC)OC.[SiH4]. The lowest BCUT2D eigenvalue weighted by Gasteiger charge is -2.22. The van der Waals surface area contributed by atoms with Crippen molar-refractivity contribution in [3.05, 3.63) is 0 Å². The van der Waals surface area contributed by atoms with Crippen molar-refractivity contribution in [3.8, 4) is 0 Å². The standard InChI is InChI=1S/C4H11NO3.H4Si/c1-6-4(5,7-2)8-3;/h5H2,1-3H3;1H4. The van der Waals surface area contributed by atoms with Crippen LogP contribution in [0.4, 0.5) is 0 Å². The van der Waals surface area contributed by atoms with Crippen LogP contribution < -0.4 is 5.73 Å². The maximum absolute atomic E-state index is 5.23. The fourth-order valence-electron chi connectivity index (χ4n) is 0.250. The minimum absolute atomic E-state index is 0. The summed E-state index contributed by atoms with van der Waals surface area (Å²) in [4.78, 5) is 0. The van der Waals surface area contributed by atoms with Crippen LogP contribution in [-0.4, -0.2) is 38.4 Å². The number of nitrogens with two attached hydrogens (primary N) is 1. The highest BCUT2D eigenvalue weighted by molar-refractivity contribution is 5.75. The maximum atomic E-state index is 5.23. The van der Waals surface area contributed by atoms with Gasteiger partial charge in [0, 0.05) is 21.3 Å². The van der Waals surface area contributed by atoms with Crippen molar-refractivity contribution in [1.29, 1.82) is 0 Å². The van der Waals surface area contributed by atoms with E-state index in [1.807, 2.05) is 0 Å². The molecule has 0 rings (SSSR count). The number of ether oxygens (including phenoxy) is 3. The summed E-state index contributed by atoms with van der Waals surface area (Å²) >= 11 is 0. The number of hydrogen-bond donors (Lipinski definition) is 1. The lowest BCUT2D eigenvalue weighted by atomic mass is 11.0. The molecule has 0 spiro atoms. The average Bonchev–Trinajstić information content (AvgIpc) is 1.87. The summed E-state index contributed by atoms with van der Waals surface area (Å²) in [6.07, 6.45) is -1.38. The first-order valence-electron chi connectivity index (χ1n) is 2.13. The third-order valence-electron chi connectivity index (χ3n) is 0.854. The molecule has 0 atom stereocenters. The Morgan fingerprint density at radius 2 is 1.22 bits per heavy atom. The van der Waals surface area contributed by atoms with Crippen LogP contribution in [0.3, 0.4) is 0 Å². The Hall–Kier alpha value is 0.0569. The minimum atomic E-state index is -1.38. The van der Waals surface area contributed by atoms with E-state index < -0.39 is 6.10 Å². The van der Waals surface area contributed by atoms with Gasteiger partial charge in [-0.3, -0.25) is 5.73 Å². The molecule has 58 valence electrons. The Balaban J connectivity index is 0. The van der Waals surface area contributed by atoms with Crippen molar-refractivity contribution in [2.45, 2.75) is 6.10 Å². The van der Waals surface area contributed by atoms with Crippen LogP contribution in [0.15, 0.2) is 0 Å². The van der Waals surface area contributed by atoms with E-state index in [0.717, 1.165) is 0 Å². The quantitative estimate of drug-likeness (QED) is 0.378. The van der Waals surface area contributed by atoms with Crippen LogP contribution in [0.25, 0.3) is 0 Å². The molecule has 0 aromatic carbocycles. The van der Waals surface area contributed by atoms with E-state index >= 15 is 0 Å². The van der Waals surface area contributed by atoms with Gasteiger partial charge in [0.1, 0.15) is 0 Å². The second-order valence-corrected chi connectivity index (χ2v) is 1.22. The lowest BCUT2D eigenvalue weighted by Crippen LogP contribution is -2.45. The van der Waals surface area contributed by atoms with Crippen molar-refractivity contribution in [2.75, 3.05) is 21.3 Å². The average molecular weight is 153 g/mol. The molecule has 0 fully saturated rings. The van der Waals surface area contributed by atoms with Crippen LogP contribution in [0.2, 0.25) is 0 Å². The van der Waals surface area contributed by atoms with Gasteiger partial charge < -0.3 is 14.2 Å². The van der Waals surface area contributed by atoms with Crippen molar-refractivity contribution in [3.63, 3.8) is 0 Å². The zero-order valence-corrected chi connectivity index (χ0v) is 5.30. The number of hydrogen-bond acceptors (Lipinski definition) is 4. The van der Waals surface area contributed by atoms with Crippen molar-refractivity contribution >= 4 is 11.0 Å². The van der Waals surface area contributed by atoms with Crippen LogP contribution in [0.5, 0.6) is 0 Å². The second kappa shape index (κ2) is 4.89. The first-order valence-corrected chi connectivity index (χ1v) is 2.13. The fourth-order valence-corrected chi connectivity index (χ4v) is 0.250. The third kappa shape index (κ3) is 3.60. The molecule has 0 saturated heterocycles. The lowest BCUT2D eigenvalue weighted by molar-refractivity contribution is -0.348. The molecule has 0 amide bonds. The zero-order chi connectivity index (χ0) is 6.62. The first kappa shape index (κ1) is 11.8. The van der Waals surface area contributed by atoms with Crippen molar-refractivity contribution in [1.82, 2.24) is 0 Å². The van der Waals surface area contributed by atoms with Gasteiger partial charge in [-0.25, -0.2) is 0 Å². The fraction of sp³-hybridized carbons (Fsp3) is 1.00. The monoisotopic (exact) mass is 153 g/mol. The summed E-state index contributed by atoms with van der Waals surface area (Å²) in [5, 5.41) is 0. The molecule has 0 bridgehead atoms. The first-order chi connectivity index (χ1) is 3.68. The van der Waals surface area contributed by atoms with E-state index in [0.29, 0.717) is 0 Å². The zero-order valence-electron chi connectivity index (χ0n) is 5.30. The van der Waals surface area contributed by atoms with Crippen LogP contribution in [0, 0.1) is 0 Å². The minimum Gasteiger partial charge on any atom is -0.318 e. The van der Waals surface area contributed by atoms with E-state index in [1.54, 1.807) is 0 Å². The van der Waals surface area contributed by atoms with Crippen LogP contribution in [-0.2, 0) is 14.2 Å². The van der Waals surface area contributed by atoms with Gasteiger partial charge in [-0.15, -0.1) is 0 Å². The molecule has 0 unspecified atom stereocenters. The van der Waals surface area contributed by atoms with E-state index in [-0.39, 0.29) is 11.0 Å². The molecule has 0 radical (unpaired) electrons. The maximum Gasteiger partial charge on any atom is 0.347 e. The molecule has 0 aliphatic carbocycles. The normalized spacial score (nSPS) is 10.7. The molecule has 0 aliphatic rings. The molecule has 9 heavy (non-hydrogen) atoms. The van der Waals surface area contributed by atoms with E-state index in [4.69, 9.17) is 5.73 Å². The molecule has 0 aromatic heterocycles. The van der Waals surface area contributed by atoms with E-state index in [2.05, 4.69) is 14.2 Å². The topological polar surface area (TPSA) is 53.7 Å². The molecule has 0 heterocycles. The largest absolute Gasteiger partial charge is 0.347 e. The Morgan fingerprint density at radius 1 is 1.00 bits per heavy atom. The summed E-state index contributed by atoms with van der Waals surface area (Å²) in [5.41, 5.74) is 5.23. The molecule has 0 aliphatic heterocycles. The highest BCUT2D eigenvalue weighted by Gasteiger charge is 2.21. The number of rotatable bonds is 3. The predicted molar refractivity (Wildman–Crippen MR) is 39.3 cm³/mol. The van der Waals surface area contributed by atoms with Gasteiger partial charge in [0.25, 0.3) is 0 Å². The van der Waals surface area contributed by atoms with E-state index in [9.17, 15) is 0 Å². The molecule has 2 N–H and O–H groups in total. The Bertz CT molecular complexity index is 58.6. The summed E-state index contributed by atoms with van der Waals surface area (Å²) in [5.74, 6) is 0. The van der Waals surface area contributed by atoms with Crippen LogP contribution >= 0.6 is 0 Å². The van der Waals surface area contributed by atoms with Crippen molar-refractivity contribution in [2.24, 2.45) is 5.73 Å². The smallest absolute Gasteiger partial charge is 0.318 e. The molecule has 0 aromatic rings. The van der Waals surface area contributed by atoms with Crippen LogP contribution in [0.1, 0.15) is 0 Å². The molecule has 5 heteroatoms. The van der Waals surface area contributed by atoms with Gasteiger partial charge in [-0.2, -0.15) is 0 Å². The summed E-state index contributed by atoms with van der Waals surface area (Å²) in [6.45, 7) is 0. The third-order valence-corrected chi connectivity index (χ3v) is 0.854. The summed E-state index contributed by atoms with van der Waals surface area (Å²) in [7, 11) is 4.19. The second-order valence-electron chi connectivity index (χ2n) is 1.22. The van der Waals surface area contributed by atoms with Gasteiger partial charge in [0.05, 0.1) is 0 Å². The summed E-state index contributed by atoms with van der Waals surface area (Å²) in [6, 6.07) is 0. The van der Waals surface area contributed by atoms with Crippen molar-refractivity contribution < 1.29 is 14.2 Å². The number of methoxy groups -OCH3 is 3. The van der Waals surface area contributed by atoms with Gasteiger partial charge in [0.2, 0.25) is 0 Å². The summed E-state index contributed by atoms with van der Waals surface area (Å²) < 4.78 is 13.7. The predicted octanol–water partition coefficient (Wildman–Crippen LogP) is -1.96.